The van der Waals surface area contributed by atoms with Crippen molar-refractivity contribution in [2.45, 2.75) is 0 Å². The lowest BCUT2D eigenvalue weighted by Gasteiger charge is -2.26. The maximum Gasteiger partial charge on any atom is 0.170 e. The minimum atomic E-state index is -0.531. The summed E-state index contributed by atoms with van der Waals surface area (Å²) in [4.78, 5) is 2.20. The van der Waals surface area contributed by atoms with Crippen molar-refractivity contribution < 1.29 is 19.1 Å². The van der Waals surface area contributed by atoms with Crippen molar-refractivity contribution in [2.75, 3.05) is 39.5 Å². The van der Waals surface area contributed by atoms with Crippen LogP contribution in [0.5, 0.6) is 5.75 Å². The van der Waals surface area contributed by atoms with Crippen molar-refractivity contribution in [3.05, 3.63) is 29.6 Å². The number of benzene rings is 1. The highest BCUT2D eigenvalue weighted by Crippen LogP contribution is 2.18. The third kappa shape index (κ3) is 3.82. The zero-order valence-corrected chi connectivity index (χ0v) is 11.1. The quantitative estimate of drug-likeness (QED) is 0.358. The van der Waals surface area contributed by atoms with E-state index in [1.807, 2.05) is 0 Å². The van der Waals surface area contributed by atoms with E-state index in [0.29, 0.717) is 12.2 Å². The van der Waals surface area contributed by atoms with Gasteiger partial charge in [0.25, 0.3) is 0 Å². The molecular formula is C13H18FN3O3. The second-order valence-electron chi connectivity index (χ2n) is 4.43. The molecule has 1 heterocycles. The smallest absolute Gasteiger partial charge is 0.170 e. The Labute approximate surface area is 116 Å². The van der Waals surface area contributed by atoms with Gasteiger partial charge in [-0.1, -0.05) is 5.16 Å². The number of morpholine rings is 1. The molecule has 1 aliphatic heterocycles. The van der Waals surface area contributed by atoms with Crippen LogP contribution in [0.1, 0.15) is 5.56 Å². The lowest BCUT2D eigenvalue weighted by atomic mass is 10.2. The van der Waals surface area contributed by atoms with Crippen molar-refractivity contribution in [1.82, 2.24) is 4.90 Å². The Morgan fingerprint density at radius 1 is 1.45 bits per heavy atom. The lowest BCUT2D eigenvalue weighted by molar-refractivity contribution is 0.0320. The fraction of sp³-hybridized carbons (Fsp3) is 0.462. The topological polar surface area (TPSA) is 80.3 Å². The molecule has 0 saturated carbocycles. The lowest BCUT2D eigenvalue weighted by Crippen LogP contribution is -2.38. The van der Waals surface area contributed by atoms with Crippen LogP contribution in [-0.2, 0) is 4.74 Å². The van der Waals surface area contributed by atoms with Gasteiger partial charge in [-0.3, -0.25) is 4.90 Å². The minimum Gasteiger partial charge on any atom is -0.489 e. The van der Waals surface area contributed by atoms with E-state index in [1.165, 1.54) is 12.1 Å². The van der Waals surface area contributed by atoms with E-state index in [9.17, 15) is 4.39 Å². The number of ether oxygens (including phenoxy) is 2. The van der Waals surface area contributed by atoms with E-state index in [0.717, 1.165) is 32.8 Å². The average Bonchev–Trinajstić information content (AvgIpc) is 2.49. The van der Waals surface area contributed by atoms with Gasteiger partial charge in [-0.2, -0.15) is 0 Å². The van der Waals surface area contributed by atoms with Crippen molar-refractivity contribution in [3.8, 4) is 5.75 Å². The number of oxime groups is 1. The summed E-state index contributed by atoms with van der Waals surface area (Å²) < 4.78 is 24.4. The molecule has 0 amide bonds. The maximum absolute atomic E-state index is 13.8. The van der Waals surface area contributed by atoms with Crippen LogP contribution in [0.4, 0.5) is 4.39 Å². The van der Waals surface area contributed by atoms with Gasteiger partial charge in [0, 0.05) is 25.2 Å². The van der Waals surface area contributed by atoms with Crippen LogP contribution in [0, 0.1) is 5.82 Å². The Morgan fingerprint density at radius 2 is 2.20 bits per heavy atom. The SMILES string of the molecule is N/C(=N/O)c1ccc(OCCN2CCOCC2)c(F)c1. The summed E-state index contributed by atoms with van der Waals surface area (Å²) in [5.41, 5.74) is 5.70. The molecule has 0 aromatic heterocycles. The third-order valence-electron chi connectivity index (χ3n) is 3.10. The van der Waals surface area contributed by atoms with Gasteiger partial charge in [0.15, 0.2) is 17.4 Å². The molecule has 110 valence electrons. The summed E-state index contributed by atoms with van der Waals surface area (Å²) >= 11 is 0. The summed E-state index contributed by atoms with van der Waals surface area (Å²) in [6, 6.07) is 4.20. The van der Waals surface area contributed by atoms with Gasteiger partial charge in [0.1, 0.15) is 6.61 Å². The standard InChI is InChI=1S/C13H18FN3O3/c14-11-9-10(13(15)16-18)1-2-12(11)20-8-5-17-3-6-19-7-4-17/h1-2,9,18H,3-8H2,(H2,15,16). The largest absolute Gasteiger partial charge is 0.489 e. The van der Waals surface area contributed by atoms with Gasteiger partial charge >= 0.3 is 0 Å². The summed E-state index contributed by atoms with van der Waals surface area (Å²) in [5, 5.41) is 11.3. The van der Waals surface area contributed by atoms with Gasteiger partial charge in [0.05, 0.1) is 13.2 Å². The Bertz CT molecular complexity index is 476. The number of rotatable bonds is 5. The van der Waals surface area contributed by atoms with Gasteiger partial charge in [-0.25, -0.2) is 4.39 Å². The van der Waals surface area contributed by atoms with E-state index in [-0.39, 0.29) is 11.6 Å². The molecule has 0 atom stereocenters. The highest BCUT2D eigenvalue weighted by molar-refractivity contribution is 5.97. The molecule has 6 nitrogen and oxygen atoms in total. The molecule has 0 radical (unpaired) electrons. The zero-order valence-electron chi connectivity index (χ0n) is 11.1. The molecule has 0 bridgehead atoms. The molecule has 1 aliphatic rings. The monoisotopic (exact) mass is 283 g/mol. The van der Waals surface area contributed by atoms with Crippen LogP contribution in [0.15, 0.2) is 23.4 Å². The zero-order chi connectivity index (χ0) is 14.4. The molecule has 0 spiro atoms. The first-order chi connectivity index (χ1) is 9.70. The Morgan fingerprint density at radius 3 is 2.85 bits per heavy atom. The number of nitrogens with two attached hydrogens (primary N) is 1. The fourth-order valence-corrected chi connectivity index (χ4v) is 1.94. The second kappa shape index (κ2) is 7.06. The minimum absolute atomic E-state index is 0.135. The number of amidine groups is 1. The molecule has 7 heteroatoms. The molecule has 2 rings (SSSR count). The van der Waals surface area contributed by atoms with Crippen LogP contribution in [0.3, 0.4) is 0 Å². The van der Waals surface area contributed by atoms with Gasteiger partial charge in [-0.15, -0.1) is 0 Å². The summed E-state index contributed by atoms with van der Waals surface area (Å²) in [5.74, 6) is -0.507. The third-order valence-corrected chi connectivity index (χ3v) is 3.10. The van der Waals surface area contributed by atoms with Crippen LogP contribution in [-0.4, -0.2) is 55.4 Å². The Balaban J connectivity index is 1.86. The normalized spacial score (nSPS) is 17.1. The molecule has 0 aliphatic carbocycles. The predicted octanol–water partition coefficient (Wildman–Crippen LogP) is 0.631. The number of nitrogens with zero attached hydrogens (tertiary/aromatic N) is 2. The van der Waals surface area contributed by atoms with E-state index in [4.69, 9.17) is 20.4 Å². The first-order valence-corrected chi connectivity index (χ1v) is 6.41. The van der Waals surface area contributed by atoms with Gasteiger partial charge < -0.3 is 20.4 Å². The average molecular weight is 283 g/mol. The molecule has 1 saturated heterocycles. The van der Waals surface area contributed by atoms with E-state index >= 15 is 0 Å². The molecule has 1 aromatic carbocycles. The van der Waals surface area contributed by atoms with Crippen molar-refractivity contribution in [2.24, 2.45) is 10.9 Å². The first kappa shape index (κ1) is 14.5. The van der Waals surface area contributed by atoms with Crippen molar-refractivity contribution in [1.29, 1.82) is 0 Å². The van der Waals surface area contributed by atoms with Crippen LogP contribution in [0.2, 0.25) is 0 Å². The molecule has 3 N–H and O–H groups in total. The number of hydrogen-bond acceptors (Lipinski definition) is 5. The van der Waals surface area contributed by atoms with E-state index in [2.05, 4.69) is 10.1 Å². The van der Waals surface area contributed by atoms with Gasteiger partial charge in [-0.05, 0) is 18.2 Å². The predicted molar refractivity (Wildman–Crippen MR) is 71.7 cm³/mol. The molecular weight excluding hydrogens is 265 g/mol. The summed E-state index contributed by atoms with van der Waals surface area (Å²) in [7, 11) is 0. The van der Waals surface area contributed by atoms with Crippen LogP contribution in [0.25, 0.3) is 0 Å². The van der Waals surface area contributed by atoms with Crippen LogP contribution >= 0.6 is 0 Å². The van der Waals surface area contributed by atoms with Crippen molar-refractivity contribution in [3.63, 3.8) is 0 Å². The Hall–Kier alpha value is -1.86. The molecule has 20 heavy (non-hydrogen) atoms. The maximum atomic E-state index is 13.8. The van der Waals surface area contributed by atoms with E-state index in [1.54, 1.807) is 6.07 Å². The highest BCUT2D eigenvalue weighted by atomic mass is 19.1. The first-order valence-electron chi connectivity index (χ1n) is 6.41. The summed E-state index contributed by atoms with van der Waals surface area (Å²) in [6.45, 7) is 4.32. The molecule has 1 aromatic rings. The van der Waals surface area contributed by atoms with E-state index < -0.39 is 5.82 Å². The van der Waals surface area contributed by atoms with Gasteiger partial charge in [0.2, 0.25) is 0 Å². The number of halogens is 1. The fourth-order valence-electron chi connectivity index (χ4n) is 1.94. The van der Waals surface area contributed by atoms with Crippen molar-refractivity contribution >= 4 is 5.84 Å². The number of hydrogen-bond donors (Lipinski definition) is 2. The Kier molecular flexibility index (Phi) is 5.14. The van der Waals surface area contributed by atoms with Crippen LogP contribution < -0.4 is 10.5 Å². The molecule has 1 fully saturated rings. The second-order valence-corrected chi connectivity index (χ2v) is 4.43. The highest BCUT2D eigenvalue weighted by Gasteiger charge is 2.11. The summed E-state index contributed by atoms with van der Waals surface area (Å²) in [6.07, 6.45) is 0. The molecule has 0 unspecified atom stereocenters.